The first kappa shape index (κ1) is 18.4. The maximum atomic E-state index is 12.5. The Hall–Kier alpha value is -2.93. The summed E-state index contributed by atoms with van der Waals surface area (Å²) in [6.45, 7) is 3.00. The predicted octanol–water partition coefficient (Wildman–Crippen LogP) is 4.14. The molecule has 1 N–H and O–H groups in total. The lowest BCUT2D eigenvalue weighted by molar-refractivity contribution is -0.119. The van der Waals surface area contributed by atoms with Crippen LogP contribution in [0, 0.1) is 6.92 Å². The zero-order chi connectivity index (χ0) is 19.7. The van der Waals surface area contributed by atoms with E-state index in [0.29, 0.717) is 25.1 Å². The maximum Gasteiger partial charge on any atom is 0.255 e. The summed E-state index contributed by atoms with van der Waals surface area (Å²) in [5, 5.41) is 7.32. The zero-order valence-electron chi connectivity index (χ0n) is 15.4. The number of aromatic nitrogens is 2. The van der Waals surface area contributed by atoms with E-state index in [0.717, 1.165) is 27.2 Å². The summed E-state index contributed by atoms with van der Waals surface area (Å²) < 4.78 is 2.70. The van der Waals surface area contributed by atoms with Crippen molar-refractivity contribution in [3.05, 3.63) is 75.9 Å². The third-order valence-corrected chi connectivity index (χ3v) is 5.37. The molecular weight excluding hydrogens is 420 g/mol. The Bertz CT molecular complexity index is 1040. The van der Waals surface area contributed by atoms with E-state index in [2.05, 4.69) is 26.3 Å². The van der Waals surface area contributed by atoms with Crippen LogP contribution in [-0.2, 0) is 17.9 Å². The molecule has 0 atom stereocenters. The van der Waals surface area contributed by atoms with Gasteiger partial charge < -0.3 is 5.32 Å². The van der Waals surface area contributed by atoms with Crippen LogP contribution in [0.1, 0.15) is 28.0 Å². The average molecular weight is 439 g/mol. The van der Waals surface area contributed by atoms with Gasteiger partial charge in [-0.3, -0.25) is 14.5 Å². The van der Waals surface area contributed by atoms with Crippen molar-refractivity contribution >= 4 is 39.2 Å². The van der Waals surface area contributed by atoms with Gasteiger partial charge in [-0.1, -0.05) is 24.3 Å². The van der Waals surface area contributed by atoms with E-state index in [1.54, 1.807) is 17.0 Å². The van der Waals surface area contributed by atoms with Gasteiger partial charge in [0.15, 0.2) is 0 Å². The summed E-state index contributed by atoms with van der Waals surface area (Å²) in [5.74, 6) is 0.730. The van der Waals surface area contributed by atoms with Crippen LogP contribution in [-0.4, -0.2) is 21.6 Å². The maximum absolute atomic E-state index is 12.5. The number of aryl methyl sites for hydroxylation is 2. The number of nitrogens with one attached hydrogen (secondary N) is 1. The third kappa shape index (κ3) is 3.71. The third-order valence-electron chi connectivity index (χ3n) is 4.67. The van der Waals surface area contributed by atoms with Crippen LogP contribution in [0.4, 0.5) is 11.5 Å². The Morgan fingerprint density at radius 3 is 2.68 bits per heavy atom. The van der Waals surface area contributed by atoms with Crippen molar-refractivity contribution in [3.8, 4) is 0 Å². The number of amides is 2. The van der Waals surface area contributed by atoms with Crippen LogP contribution in [0.5, 0.6) is 0 Å². The van der Waals surface area contributed by atoms with Crippen LogP contribution in [0.3, 0.4) is 0 Å². The van der Waals surface area contributed by atoms with Gasteiger partial charge in [0.25, 0.3) is 5.91 Å². The lowest BCUT2D eigenvalue weighted by Crippen LogP contribution is -2.36. The highest BCUT2D eigenvalue weighted by molar-refractivity contribution is 9.10. The fourth-order valence-electron chi connectivity index (χ4n) is 3.25. The lowest BCUT2D eigenvalue weighted by Gasteiger charge is -2.27. The molecule has 2 amide bonds. The Balaban J connectivity index is 1.49. The minimum Gasteiger partial charge on any atom is -0.321 e. The second-order valence-corrected chi connectivity index (χ2v) is 7.58. The molecule has 6 nitrogen and oxygen atoms in total. The van der Waals surface area contributed by atoms with E-state index in [1.165, 1.54) is 0 Å². The number of anilines is 2. The summed E-state index contributed by atoms with van der Waals surface area (Å²) >= 11 is 3.43. The van der Waals surface area contributed by atoms with Crippen molar-refractivity contribution in [2.24, 2.45) is 0 Å². The SMILES string of the molecule is Cc1cc2n(n1)CCC(=O)N2Cc1ccc(C(=O)Nc2ccccc2Br)cc1. The number of fused-ring (bicyclic) bond motifs is 1. The Labute approximate surface area is 171 Å². The zero-order valence-corrected chi connectivity index (χ0v) is 16.9. The van der Waals surface area contributed by atoms with E-state index in [4.69, 9.17) is 0 Å². The molecule has 0 aliphatic carbocycles. The van der Waals surface area contributed by atoms with Crippen LogP contribution in [0.15, 0.2) is 59.1 Å². The summed E-state index contributed by atoms with van der Waals surface area (Å²) in [4.78, 5) is 26.6. The molecule has 4 rings (SSSR count). The first-order valence-electron chi connectivity index (χ1n) is 9.01. The average Bonchev–Trinajstić information content (AvgIpc) is 3.07. The van der Waals surface area contributed by atoms with E-state index < -0.39 is 0 Å². The molecule has 3 aromatic rings. The van der Waals surface area contributed by atoms with Crippen LogP contribution in [0.2, 0.25) is 0 Å². The van der Waals surface area contributed by atoms with Crippen molar-refractivity contribution in [1.82, 2.24) is 9.78 Å². The van der Waals surface area contributed by atoms with Gasteiger partial charge in [-0.2, -0.15) is 5.10 Å². The van der Waals surface area contributed by atoms with Gasteiger partial charge in [0.05, 0.1) is 24.5 Å². The highest BCUT2D eigenvalue weighted by atomic mass is 79.9. The van der Waals surface area contributed by atoms with Gasteiger partial charge in [-0.25, -0.2) is 4.68 Å². The molecule has 1 aliphatic heterocycles. The number of carbonyl (C=O) groups excluding carboxylic acids is 2. The predicted molar refractivity (Wildman–Crippen MR) is 111 cm³/mol. The summed E-state index contributed by atoms with van der Waals surface area (Å²) in [7, 11) is 0. The van der Waals surface area contributed by atoms with Crippen LogP contribution >= 0.6 is 15.9 Å². The summed E-state index contributed by atoms with van der Waals surface area (Å²) in [6.07, 6.45) is 0.445. The first-order valence-corrected chi connectivity index (χ1v) is 9.80. The second-order valence-electron chi connectivity index (χ2n) is 6.73. The first-order chi connectivity index (χ1) is 13.5. The molecule has 1 aliphatic rings. The molecule has 0 spiro atoms. The van der Waals surface area contributed by atoms with Gasteiger partial charge in [0, 0.05) is 22.5 Å². The molecule has 0 radical (unpaired) electrons. The van der Waals surface area contributed by atoms with Crippen LogP contribution in [0.25, 0.3) is 0 Å². The van der Waals surface area contributed by atoms with E-state index in [-0.39, 0.29) is 11.8 Å². The highest BCUT2D eigenvalue weighted by Crippen LogP contribution is 2.25. The van der Waals surface area contributed by atoms with Crippen molar-refractivity contribution in [1.29, 1.82) is 0 Å². The highest BCUT2D eigenvalue weighted by Gasteiger charge is 2.25. The van der Waals surface area contributed by atoms with Crippen molar-refractivity contribution in [2.45, 2.75) is 26.4 Å². The summed E-state index contributed by atoms with van der Waals surface area (Å²) in [5.41, 5.74) is 3.14. The van der Waals surface area contributed by atoms with Crippen LogP contribution < -0.4 is 10.2 Å². The van der Waals surface area contributed by atoms with Gasteiger partial charge in [-0.05, 0) is 52.7 Å². The largest absolute Gasteiger partial charge is 0.321 e. The quantitative estimate of drug-likeness (QED) is 0.665. The number of nitrogens with zero attached hydrogens (tertiary/aromatic N) is 3. The topological polar surface area (TPSA) is 67.2 Å². The molecule has 28 heavy (non-hydrogen) atoms. The molecule has 0 fully saturated rings. The number of halogens is 1. The minimum absolute atomic E-state index is 0.0862. The van der Waals surface area contributed by atoms with Crippen molar-refractivity contribution in [2.75, 3.05) is 10.2 Å². The fraction of sp³-hybridized carbons (Fsp3) is 0.190. The van der Waals surface area contributed by atoms with E-state index >= 15 is 0 Å². The molecular formula is C21H19BrN4O2. The smallest absolute Gasteiger partial charge is 0.255 e. The monoisotopic (exact) mass is 438 g/mol. The molecule has 0 unspecified atom stereocenters. The molecule has 0 saturated heterocycles. The Morgan fingerprint density at radius 2 is 1.93 bits per heavy atom. The molecule has 2 aromatic carbocycles. The summed E-state index contributed by atoms with van der Waals surface area (Å²) in [6, 6.07) is 16.7. The molecule has 1 aromatic heterocycles. The molecule has 7 heteroatoms. The Morgan fingerprint density at radius 1 is 1.18 bits per heavy atom. The number of rotatable bonds is 4. The number of para-hydroxylation sites is 1. The molecule has 2 heterocycles. The fourth-order valence-corrected chi connectivity index (χ4v) is 3.63. The number of benzene rings is 2. The van der Waals surface area contributed by atoms with Crippen molar-refractivity contribution < 1.29 is 9.59 Å². The number of hydrogen-bond donors (Lipinski definition) is 1. The molecule has 142 valence electrons. The number of hydrogen-bond acceptors (Lipinski definition) is 3. The molecule has 0 bridgehead atoms. The van der Waals surface area contributed by atoms with Gasteiger partial charge >= 0.3 is 0 Å². The minimum atomic E-state index is -0.179. The van der Waals surface area contributed by atoms with E-state index in [1.807, 2.05) is 54.1 Å². The Kier molecular flexibility index (Phi) is 5.00. The van der Waals surface area contributed by atoms with Gasteiger partial charge in [0.2, 0.25) is 5.91 Å². The number of carbonyl (C=O) groups is 2. The second kappa shape index (κ2) is 7.59. The van der Waals surface area contributed by atoms with Gasteiger partial charge in [-0.15, -0.1) is 0 Å². The standard InChI is InChI=1S/C21H19BrN4O2/c1-14-12-19-25(20(27)10-11-26(19)24-14)13-15-6-8-16(9-7-15)21(28)23-18-5-3-2-4-17(18)22/h2-9,12H,10-11,13H2,1H3,(H,23,28). The van der Waals surface area contributed by atoms with Crippen molar-refractivity contribution in [3.63, 3.8) is 0 Å². The lowest BCUT2D eigenvalue weighted by atomic mass is 10.1. The normalized spacial score (nSPS) is 13.4. The van der Waals surface area contributed by atoms with E-state index in [9.17, 15) is 9.59 Å². The van der Waals surface area contributed by atoms with Gasteiger partial charge in [0.1, 0.15) is 5.82 Å². The molecule has 0 saturated carbocycles.